The van der Waals surface area contributed by atoms with Gasteiger partial charge in [-0.2, -0.15) is 0 Å². The zero-order chi connectivity index (χ0) is 25.7. The van der Waals surface area contributed by atoms with Crippen LogP contribution in [0.3, 0.4) is 0 Å². The molecule has 0 fully saturated rings. The molecule has 0 heterocycles. The zero-order valence-electron chi connectivity index (χ0n) is 19.2. The summed E-state index contributed by atoms with van der Waals surface area (Å²) in [6.45, 7) is 5.14. The van der Waals surface area contributed by atoms with Crippen molar-refractivity contribution in [1.29, 1.82) is 0 Å². The molecule has 33 heavy (non-hydrogen) atoms. The Morgan fingerprint density at radius 3 is 1.88 bits per heavy atom. The van der Waals surface area contributed by atoms with Crippen LogP contribution < -0.4 is 27.4 Å². The summed E-state index contributed by atoms with van der Waals surface area (Å²) in [6, 6.07) is -5.28. The predicted octanol–water partition coefficient (Wildman–Crippen LogP) is -2.12. The molecule has 0 aliphatic rings. The molecule has 13 heteroatoms. The van der Waals surface area contributed by atoms with Crippen LogP contribution in [0.5, 0.6) is 0 Å². The Hall–Kier alpha value is -2.77. The maximum Gasteiger partial charge on any atom is 0.326 e. The third-order valence-corrected chi connectivity index (χ3v) is 4.70. The summed E-state index contributed by atoms with van der Waals surface area (Å²) >= 11 is 0. The van der Waals surface area contributed by atoms with E-state index in [4.69, 9.17) is 16.6 Å². The molecule has 0 aromatic heterocycles. The Balaban J connectivity index is 5.43. The van der Waals surface area contributed by atoms with Crippen LogP contribution in [0.2, 0.25) is 0 Å². The lowest BCUT2D eigenvalue weighted by atomic mass is 10.0. The fourth-order valence-corrected chi connectivity index (χ4v) is 2.93. The van der Waals surface area contributed by atoms with Crippen molar-refractivity contribution in [3.8, 4) is 0 Å². The number of nitrogens with one attached hydrogen (secondary N) is 3. The van der Waals surface area contributed by atoms with Gasteiger partial charge in [0.1, 0.15) is 18.1 Å². The monoisotopic (exact) mass is 475 g/mol. The Labute approximate surface area is 192 Å². The van der Waals surface area contributed by atoms with Crippen molar-refractivity contribution >= 4 is 29.7 Å². The number of aliphatic carboxylic acids is 2. The van der Waals surface area contributed by atoms with E-state index in [1.54, 1.807) is 13.8 Å². The Bertz CT molecular complexity index is 685. The predicted molar refractivity (Wildman–Crippen MR) is 118 cm³/mol. The van der Waals surface area contributed by atoms with Crippen molar-refractivity contribution in [1.82, 2.24) is 16.0 Å². The number of unbranched alkanes of at least 4 members (excludes halogenated alkanes) is 1. The van der Waals surface area contributed by atoms with Crippen molar-refractivity contribution in [2.24, 2.45) is 17.4 Å². The minimum atomic E-state index is -1.49. The Morgan fingerprint density at radius 1 is 0.848 bits per heavy atom. The van der Waals surface area contributed by atoms with E-state index in [9.17, 15) is 34.2 Å². The molecular weight excluding hydrogens is 438 g/mol. The molecule has 0 saturated heterocycles. The van der Waals surface area contributed by atoms with Gasteiger partial charge in [-0.25, -0.2) is 4.79 Å². The lowest BCUT2D eigenvalue weighted by molar-refractivity contribution is -0.143. The summed E-state index contributed by atoms with van der Waals surface area (Å²) in [7, 11) is 0. The zero-order valence-corrected chi connectivity index (χ0v) is 19.2. The normalized spacial score (nSPS) is 15.6. The second-order valence-corrected chi connectivity index (χ2v) is 8.31. The standard InChI is InChI=1S/C20H37N5O8/c1-10(2)8-14(20(32)33)24-19(31)16(11(3)26)25-18(30)13(6-4-5-7-21)23-17(29)12(22)9-15(27)28/h10-14,16,26H,4-9,21-22H2,1-3H3,(H,23,29)(H,24,31)(H,25,30)(H,27,28)(H,32,33). The van der Waals surface area contributed by atoms with Crippen LogP contribution in [-0.2, 0) is 24.0 Å². The van der Waals surface area contributed by atoms with Crippen molar-refractivity contribution in [3.63, 3.8) is 0 Å². The van der Waals surface area contributed by atoms with Crippen LogP contribution in [0.1, 0.15) is 52.9 Å². The molecule has 0 radical (unpaired) electrons. The third kappa shape index (κ3) is 12.2. The first kappa shape index (κ1) is 30.2. The molecule has 0 rings (SSSR count). The fourth-order valence-electron chi connectivity index (χ4n) is 2.93. The van der Waals surface area contributed by atoms with E-state index in [1.165, 1.54) is 6.92 Å². The highest BCUT2D eigenvalue weighted by Crippen LogP contribution is 2.07. The molecule has 0 spiro atoms. The van der Waals surface area contributed by atoms with Crippen LogP contribution in [0.15, 0.2) is 0 Å². The summed E-state index contributed by atoms with van der Waals surface area (Å²) in [5.41, 5.74) is 11.0. The molecule has 0 saturated carbocycles. The van der Waals surface area contributed by atoms with Gasteiger partial charge < -0.3 is 42.7 Å². The topological polar surface area (TPSA) is 234 Å². The van der Waals surface area contributed by atoms with Gasteiger partial charge in [-0.1, -0.05) is 13.8 Å². The highest BCUT2D eigenvalue weighted by atomic mass is 16.4. The first-order valence-electron chi connectivity index (χ1n) is 10.8. The molecule has 0 bridgehead atoms. The molecule has 0 aliphatic carbocycles. The van der Waals surface area contributed by atoms with Crippen LogP contribution in [-0.4, -0.2) is 81.8 Å². The molecule has 13 nitrogen and oxygen atoms in total. The number of hydrogen-bond donors (Lipinski definition) is 8. The van der Waals surface area contributed by atoms with Crippen molar-refractivity contribution in [2.45, 2.75) is 83.1 Å². The number of nitrogens with two attached hydrogens (primary N) is 2. The van der Waals surface area contributed by atoms with Gasteiger partial charge in [-0.3, -0.25) is 19.2 Å². The summed E-state index contributed by atoms with van der Waals surface area (Å²) in [5.74, 6) is -5.18. The number of amides is 3. The number of rotatable bonds is 16. The number of hydrogen-bond acceptors (Lipinski definition) is 8. The van der Waals surface area contributed by atoms with Crippen molar-refractivity contribution in [3.05, 3.63) is 0 Å². The number of carbonyl (C=O) groups is 5. The van der Waals surface area contributed by atoms with E-state index in [0.717, 1.165) is 0 Å². The van der Waals surface area contributed by atoms with E-state index < -0.39 is 66.4 Å². The lowest BCUT2D eigenvalue weighted by Gasteiger charge is -2.26. The van der Waals surface area contributed by atoms with Crippen LogP contribution in [0, 0.1) is 5.92 Å². The van der Waals surface area contributed by atoms with Gasteiger partial charge in [0.05, 0.1) is 18.6 Å². The Kier molecular flexibility index (Phi) is 13.9. The van der Waals surface area contributed by atoms with Gasteiger partial charge in [0.15, 0.2) is 0 Å². The van der Waals surface area contributed by atoms with Gasteiger partial charge in [-0.05, 0) is 45.1 Å². The number of carbonyl (C=O) groups excluding carboxylic acids is 3. The average molecular weight is 476 g/mol. The molecule has 10 N–H and O–H groups in total. The molecule has 5 atom stereocenters. The molecule has 0 aliphatic heterocycles. The van der Waals surface area contributed by atoms with E-state index in [0.29, 0.717) is 19.4 Å². The number of carboxylic acids is 2. The first-order chi connectivity index (χ1) is 15.3. The lowest BCUT2D eigenvalue weighted by Crippen LogP contribution is -2.60. The van der Waals surface area contributed by atoms with Crippen molar-refractivity contribution < 1.29 is 39.3 Å². The fraction of sp³-hybridized carbons (Fsp3) is 0.750. The molecule has 0 aromatic carbocycles. The van der Waals surface area contributed by atoms with Gasteiger partial charge >= 0.3 is 11.9 Å². The number of aliphatic hydroxyl groups is 1. The molecule has 5 unspecified atom stereocenters. The molecule has 190 valence electrons. The van der Waals surface area contributed by atoms with Gasteiger partial charge in [0, 0.05) is 0 Å². The van der Waals surface area contributed by atoms with Gasteiger partial charge in [-0.15, -0.1) is 0 Å². The molecular formula is C20H37N5O8. The quantitative estimate of drug-likeness (QED) is 0.113. The minimum absolute atomic E-state index is 0.0388. The highest BCUT2D eigenvalue weighted by Gasteiger charge is 2.33. The summed E-state index contributed by atoms with van der Waals surface area (Å²) in [5, 5.41) is 35.1. The first-order valence-corrected chi connectivity index (χ1v) is 10.8. The second kappa shape index (κ2) is 15.1. The molecule has 0 aromatic rings. The minimum Gasteiger partial charge on any atom is -0.481 e. The number of carboxylic acid groups (broad SMARTS) is 2. The summed E-state index contributed by atoms with van der Waals surface area (Å²) < 4.78 is 0. The van der Waals surface area contributed by atoms with E-state index in [2.05, 4.69) is 16.0 Å². The third-order valence-electron chi connectivity index (χ3n) is 4.70. The smallest absolute Gasteiger partial charge is 0.326 e. The Morgan fingerprint density at radius 2 is 1.42 bits per heavy atom. The SMILES string of the molecule is CC(C)CC(NC(=O)C(NC(=O)C(CCCCN)NC(=O)C(N)CC(=O)O)C(C)O)C(=O)O. The van der Waals surface area contributed by atoms with Crippen molar-refractivity contribution in [2.75, 3.05) is 6.54 Å². The summed E-state index contributed by atoms with van der Waals surface area (Å²) in [4.78, 5) is 59.8. The second-order valence-electron chi connectivity index (χ2n) is 8.31. The summed E-state index contributed by atoms with van der Waals surface area (Å²) in [6.07, 6.45) is -0.791. The number of aliphatic hydroxyl groups excluding tert-OH is 1. The van der Waals surface area contributed by atoms with E-state index in [1.807, 2.05) is 0 Å². The van der Waals surface area contributed by atoms with Gasteiger partial charge in [0.2, 0.25) is 17.7 Å². The highest BCUT2D eigenvalue weighted by molar-refractivity contribution is 5.94. The van der Waals surface area contributed by atoms with Crippen LogP contribution >= 0.6 is 0 Å². The molecule has 3 amide bonds. The van der Waals surface area contributed by atoms with Gasteiger partial charge in [0.25, 0.3) is 0 Å². The maximum absolute atomic E-state index is 12.8. The van der Waals surface area contributed by atoms with Crippen LogP contribution in [0.4, 0.5) is 0 Å². The maximum atomic E-state index is 12.8. The van der Waals surface area contributed by atoms with E-state index in [-0.39, 0.29) is 18.8 Å². The van der Waals surface area contributed by atoms with E-state index >= 15 is 0 Å². The largest absolute Gasteiger partial charge is 0.481 e. The van der Waals surface area contributed by atoms with Crippen LogP contribution in [0.25, 0.3) is 0 Å². The average Bonchev–Trinajstić information content (AvgIpc) is 2.69.